The average Bonchev–Trinajstić information content (AvgIpc) is 2.71. The number of amides is 1. The third-order valence-electron chi connectivity index (χ3n) is 3.06. The Kier molecular flexibility index (Phi) is 3.34. The van der Waals surface area contributed by atoms with Crippen molar-refractivity contribution in [1.29, 1.82) is 0 Å². The molecule has 0 saturated carbocycles. The molecule has 4 heteroatoms. The highest BCUT2D eigenvalue weighted by atomic mass is 32.2. The van der Waals surface area contributed by atoms with Crippen LogP contribution in [0.5, 0.6) is 0 Å². The van der Waals surface area contributed by atoms with E-state index in [0.29, 0.717) is 5.91 Å². The quantitative estimate of drug-likeness (QED) is 0.701. The van der Waals surface area contributed by atoms with Gasteiger partial charge in [-0.25, -0.2) is 0 Å². The van der Waals surface area contributed by atoms with Crippen molar-refractivity contribution in [2.24, 2.45) is 5.92 Å². The fraction of sp³-hybridized carbons (Fsp3) is 0.900. The number of nitrogens with zero attached hydrogens (tertiary/aromatic N) is 1. The number of aliphatic hydroxyl groups excluding tert-OH is 1. The monoisotopic (exact) mass is 215 g/mol. The summed E-state index contributed by atoms with van der Waals surface area (Å²) in [6.45, 7) is 1.50. The number of thioether (sulfide) groups is 1. The SMILES string of the molecule is O=C(C1CCSC1)N1CCC(O)CC1. The molecule has 2 saturated heterocycles. The van der Waals surface area contributed by atoms with Gasteiger partial charge < -0.3 is 10.0 Å². The van der Waals surface area contributed by atoms with E-state index in [2.05, 4.69) is 0 Å². The van der Waals surface area contributed by atoms with Crippen LogP contribution in [0.4, 0.5) is 0 Å². The summed E-state index contributed by atoms with van der Waals surface area (Å²) < 4.78 is 0. The summed E-state index contributed by atoms with van der Waals surface area (Å²) in [5, 5.41) is 9.33. The molecule has 2 heterocycles. The fourth-order valence-corrected chi connectivity index (χ4v) is 3.29. The summed E-state index contributed by atoms with van der Waals surface area (Å²) in [6, 6.07) is 0. The van der Waals surface area contributed by atoms with Crippen LogP contribution in [0.3, 0.4) is 0 Å². The zero-order valence-electron chi connectivity index (χ0n) is 8.32. The Morgan fingerprint density at radius 3 is 2.57 bits per heavy atom. The third kappa shape index (κ3) is 2.23. The fourth-order valence-electron chi connectivity index (χ4n) is 2.07. The van der Waals surface area contributed by atoms with Gasteiger partial charge in [-0.1, -0.05) is 0 Å². The van der Waals surface area contributed by atoms with Crippen LogP contribution in [0, 0.1) is 5.92 Å². The van der Waals surface area contributed by atoms with Gasteiger partial charge in [0, 0.05) is 24.8 Å². The minimum absolute atomic E-state index is 0.183. The number of carbonyl (C=O) groups is 1. The highest BCUT2D eigenvalue weighted by molar-refractivity contribution is 7.99. The van der Waals surface area contributed by atoms with Gasteiger partial charge in [0.15, 0.2) is 0 Å². The van der Waals surface area contributed by atoms with Gasteiger partial charge in [0.2, 0.25) is 5.91 Å². The summed E-state index contributed by atoms with van der Waals surface area (Å²) in [5.41, 5.74) is 0. The lowest BCUT2D eigenvalue weighted by molar-refractivity contribution is -0.136. The summed E-state index contributed by atoms with van der Waals surface area (Å²) in [5.74, 6) is 2.71. The minimum atomic E-state index is -0.183. The van der Waals surface area contributed by atoms with Gasteiger partial charge in [0.25, 0.3) is 0 Å². The molecule has 1 atom stereocenters. The zero-order valence-corrected chi connectivity index (χ0v) is 9.13. The first-order valence-electron chi connectivity index (χ1n) is 5.32. The van der Waals surface area contributed by atoms with Crippen molar-refractivity contribution in [3.05, 3.63) is 0 Å². The molecule has 0 aliphatic carbocycles. The number of carbonyl (C=O) groups excluding carboxylic acids is 1. The van der Waals surface area contributed by atoms with Gasteiger partial charge in [-0.05, 0) is 25.0 Å². The van der Waals surface area contributed by atoms with Crippen molar-refractivity contribution < 1.29 is 9.90 Å². The third-order valence-corrected chi connectivity index (χ3v) is 4.22. The molecule has 0 aromatic carbocycles. The molecule has 0 aromatic rings. The molecule has 0 bridgehead atoms. The number of rotatable bonds is 1. The maximum atomic E-state index is 11.9. The molecule has 2 fully saturated rings. The van der Waals surface area contributed by atoms with E-state index in [-0.39, 0.29) is 12.0 Å². The Balaban J connectivity index is 1.85. The van der Waals surface area contributed by atoms with E-state index in [1.54, 1.807) is 0 Å². The Labute approximate surface area is 88.9 Å². The second-order valence-corrected chi connectivity index (χ2v) is 5.27. The zero-order chi connectivity index (χ0) is 9.97. The second-order valence-electron chi connectivity index (χ2n) is 4.12. The van der Waals surface area contributed by atoms with Crippen molar-refractivity contribution in [3.8, 4) is 0 Å². The van der Waals surface area contributed by atoms with Crippen molar-refractivity contribution in [3.63, 3.8) is 0 Å². The van der Waals surface area contributed by atoms with Gasteiger partial charge in [-0.2, -0.15) is 11.8 Å². The summed E-state index contributed by atoms with van der Waals surface area (Å²) in [4.78, 5) is 13.9. The van der Waals surface area contributed by atoms with Crippen LogP contribution in [-0.4, -0.2) is 46.6 Å². The van der Waals surface area contributed by atoms with Gasteiger partial charge >= 0.3 is 0 Å². The lowest BCUT2D eigenvalue weighted by Gasteiger charge is -2.31. The van der Waals surface area contributed by atoms with Crippen LogP contribution in [0.15, 0.2) is 0 Å². The maximum Gasteiger partial charge on any atom is 0.226 e. The van der Waals surface area contributed by atoms with E-state index in [1.165, 1.54) is 0 Å². The molecular formula is C10H17NO2S. The van der Waals surface area contributed by atoms with E-state index >= 15 is 0 Å². The predicted molar refractivity (Wildman–Crippen MR) is 57.3 cm³/mol. The van der Waals surface area contributed by atoms with Crippen LogP contribution in [0.2, 0.25) is 0 Å². The number of piperidine rings is 1. The van der Waals surface area contributed by atoms with E-state index in [9.17, 15) is 9.90 Å². The van der Waals surface area contributed by atoms with Gasteiger partial charge in [0.05, 0.1) is 6.10 Å². The Morgan fingerprint density at radius 1 is 1.29 bits per heavy atom. The van der Waals surface area contributed by atoms with Crippen LogP contribution in [-0.2, 0) is 4.79 Å². The first kappa shape index (κ1) is 10.3. The lowest BCUT2D eigenvalue weighted by Crippen LogP contribution is -2.43. The van der Waals surface area contributed by atoms with E-state index in [4.69, 9.17) is 0 Å². The largest absolute Gasteiger partial charge is 0.393 e. The van der Waals surface area contributed by atoms with Gasteiger partial charge in [-0.15, -0.1) is 0 Å². The molecule has 0 spiro atoms. The predicted octanol–water partition coefficient (Wildman–Crippen LogP) is 0.723. The van der Waals surface area contributed by atoms with Crippen molar-refractivity contribution in [2.75, 3.05) is 24.6 Å². The molecular weight excluding hydrogens is 198 g/mol. The van der Waals surface area contributed by atoms with Crippen molar-refractivity contribution >= 4 is 17.7 Å². The van der Waals surface area contributed by atoms with Crippen LogP contribution < -0.4 is 0 Å². The topological polar surface area (TPSA) is 40.5 Å². The van der Waals surface area contributed by atoms with Crippen LogP contribution in [0.1, 0.15) is 19.3 Å². The Hall–Kier alpha value is -0.220. The van der Waals surface area contributed by atoms with Gasteiger partial charge in [-0.3, -0.25) is 4.79 Å². The normalized spacial score (nSPS) is 29.5. The Morgan fingerprint density at radius 2 is 2.00 bits per heavy atom. The summed E-state index contributed by atoms with van der Waals surface area (Å²) >= 11 is 1.88. The van der Waals surface area contributed by atoms with Crippen LogP contribution >= 0.6 is 11.8 Å². The highest BCUT2D eigenvalue weighted by Crippen LogP contribution is 2.26. The average molecular weight is 215 g/mol. The highest BCUT2D eigenvalue weighted by Gasteiger charge is 2.29. The molecule has 1 unspecified atom stereocenters. The second kappa shape index (κ2) is 4.53. The molecule has 2 rings (SSSR count). The standard InChI is InChI=1S/C10H17NO2S/c12-9-1-4-11(5-2-9)10(13)8-3-6-14-7-8/h8-9,12H,1-7H2. The van der Waals surface area contributed by atoms with E-state index in [0.717, 1.165) is 43.9 Å². The molecule has 1 N–H and O–H groups in total. The first-order valence-corrected chi connectivity index (χ1v) is 6.47. The molecule has 2 aliphatic rings. The number of likely N-dealkylation sites (tertiary alicyclic amines) is 1. The summed E-state index contributed by atoms with van der Waals surface area (Å²) in [6.07, 6.45) is 2.37. The molecule has 2 aliphatic heterocycles. The molecule has 14 heavy (non-hydrogen) atoms. The van der Waals surface area contributed by atoms with Gasteiger partial charge in [0.1, 0.15) is 0 Å². The van der Waals surface area contributed by atoms with Crippen LogP contribution in [0.25, 0.3) is 0 Å². The van der Waals surface area contributed by atoms with Crippen molar-refractivity contribution in [1.82, 2.24) is 4.90 Å². The first-order chi connectivity index (χ1) is 6.77. The summed E-state index contributed by atoms with van der Waals surface area (Å²) in [7, 11) is 0. The van der Waals surface area contributed by atoms with Crippen molar-refractivity contribution in [2.45, 2.75) is 25.4 Å². The minimum Gasteiger partial charge on any atom is -0.393 e. The number of aliphatic hydroxyl groups is 1. The molecule has 1 amide bonds. The molecule has 0 radical (unpaired) electrons. The molecule has 80 valence electrons. The lowest BCUT2D eigenvalue weighted by atomic mass is 10.0. The van der Waals surface area contributed by atoms with E-state index < -0.39 is 0 Å². The molecule has 3 nitrogen and oxygen atoms in total. The number of hydrogen-bond donors (Lipinski definition) is 1. The maximum absolute atomic E-state index is 11.9. The van der Waals surface area contributed by atoms with E-state index in [1.807, 2.05) is 16.7 Å². The number of hydrogen-bond acceptors (Lipinski definition) is 3. The smallest absolute Gasteiger partial charge is 0.226 e. The molecule has 0 aromatic heterocycles. The Bertz CT molecular complexity index is 208.